The molecule has 0 bridgehead atoms. The first-order chi connectivity index (χ1) is 9.04. The number of aliphatic hydroxyl groups is 1. The number of aromatic nitrogens is 1. The van der Waals surface area contributed by atoms with Gasteiger partial charge < -0.3 is 10.4 Å². The van der Waals surface area contributed by atoms with E-state index in [9.17, 15) is 15.2 Å². The van der Waals surface area contributed by atoms with Crippen molar-refractivity contribution in [1.29, 1.82) is 0 Å². The van der Waals surface area contributed by atoms with Crippen molar-refractivity contribution in [3.8, 4) is 0 Å². The van der Waals surface area contributed by atoms with Gasteiger partial charge >= 0.3 is 0 Å². The highest BCUT2D eigenvalue weighted by Gasteiger charge is 2.32. The Labute approximate surface area is 116 Å². The fourth-order valence-electron chi connectivity index (χ4n) is 2.48. The SMILES string of the molecule is O=[N+]([O-])c1cc(Cl)nc(NC2(CO)CCCCC2)c1. The van der Waals surface area contributed by atoms with Crippen molar-refractivity contribution < 1.29 is 10.0 Å². The molecule has 1 aliphatic carbocycles. The van der Waals surface area contributed by atoms with Crippen LogP contribution in [0.15, 0.2) is 12.1 Å². The standard InChI is InChI=1S/C12H16ClN3O3/c13-10-6-9(16(18)19)7-11(14-10)15-12(8-17)4-2-1-3-5-12/h6-7,17H,1-5,8H2,(H,14,15). The molecule has 1 fully saturated rings. The van der Waals surface area contributed by atoms with Gasteiger partial charge in [0.25, 0.3) is 5.69 Å². The monoisotopic (exact) mass is 285 g/mol. The number of pyridine rings is 1. The van der Waals surface area contributed by atoms with Crippen LogP contribution in [0, 0.1) is 10.1 Å². The summed E-state index contributed by atoms with van der Waals surface area (Å²) in [6.45, 7) is -0.0189. The van der Waals surface area contributed by atoms with Crippen LogP contribution in [0.1, 0.15) is 32.1 Å². The number of nitrogens with zero attached hydrogens (tertiary/aromatic N) is 2. The van der Waals surface area contributed by atoms with E-state index in [0.29, 0.717) is 5.82 Å². The Hall–Kier alpha value is -1.40. The lowest BCUT2D eigenvalue weighted by molar-refractivity contribution is -0.384. The quantitative estimate of drug-likeness (QED) is 0.504. The van der Waals surface area contributed by atoms with Crippen molar-refractivity contribution in [2.45, 2.75) is 37.6 Å². The molecule has 1 heterocycles. The first-order valence-corrected chi connectivity index (χ1v) is 6.63. The van der Waals surface area contributed by atoms with Crippen molar-refractivity contribution >= 4 is 23.1 Å². The minimum absolute atomic E-state index is 0.0189. The predicted octanol–water partition coefficient (Wildman–Crippen LogP) is 2.75. The molecule has 1 aromatic heterocycles. The first kappa shape index (κ1) is 14.0. The summed E-state index contributed by atoms with van der Waals surface area (Å²) in [5.41, 5.74) is -0.546. The van der Waals surface area contributed by atoms with Crippen LogP contribution in [0.3, 0.4) is 0 Å². The second kappa shape index (κ2) is 5.71. The second-order valence-corrected chi connectivity index (χ2v) is 5.30. The predicted molar refractivity (Wildman–Crippen MR) is 72.4 cm³/mol. The summed E-state index contributed by atoms with van der Waals surface area (Å²) in [4.78, 5) is 14.3. The Balaban J connectivity index is 2.23. The zero-order valence-electron chi connectivity index (χ0n) is 10.4. The Morgan fingerprint density at radius 3 is 2.68 bits per heavy atom. The van der Waals surface area contributed by atoms with Crippen molar-refractivity contribution in [2.75, 3.05) is 11.9 Å². The van der Waals surface area contributed by atoms with E-state index in [1.807, 2.05) is 0 Å². The lowest BCUT2D eigenvalue weighted by atomic mass is 9.82. The summed E-state index contributed by atoms with van der Waals surface area (Å²) in [5.74, 6) is 0.343. The topological polar surface area (TPSA) is 88.3 Å². The molecule has 0 atom stereocenters. The summed E-state index contributed by atoms with van der Waals surface area (Å²) in [7, 11) is 0. The van der Waals surface area contributed by atoms with Crippen molar-refractivity contribution in [2.24, 2.45) is 0 Å². The number of halogens is 1. The maximum Gasteiger partial charge on any atom is 0.276 e. The Morgan fingerprint density at radius 1 is 1.42 bits per heavy atom. The van der Waals surface area contributed by atoms with E-state index in [0.717, 1.165) is 32.1 Å². The molecular formula is C12H16ClN3O3. The van der Waals surface area contributed by atoms with Crippen LogP contribution in [-0.4, -0.2) is 27.2 Å². The first-order valence-electron chi connectivity index (χ1n) is 6.26. The van der Waals surface area contributed by atoms with Crippen LogP contribution in [0.2, 0.25) is 5.15 Å². The maximum absolute atomic E-state index is 10.8. The second-order valence-electron chi connectivity index (χ2n) is 4.91. The molecule has 0 unspecified atom stereocenters. The molecule has 2 rings (SSSR count). The number of hydrogen-bond donors (Lipinski definition) is 2. The molecule has 0 aliphatic heterocycles. The molecule has 0 aromatic carbocycles. The van der Waals surface area contributed by atoms with E-state index in [1.54, 1.807) is 0 Å². The van der Waals surface area contributed by atoms with Gasteiger partial charge in [0.15, 0.2) is 0 Å². The van der Waals surface area contributed by atoms with Gasteiger partial charge in [-0.3, -0.25) is 10.1 Å². The molecule has 6 nitrogen and oxygen atoms in total. The molecule has 0 amide bonds. The number of nitro groups is 1. The highest BCUT2D eigenvalue weighted by Crippen LogP contribution is 2.32. The van der Waals surface area contributed by atoms with Gasteiger partial charge in [-0.2, -0.15) is 0 Å². The lowest BCUT2D eigenvalue weighted by Gasteiger charge is -2.36. The van der Waals surface area contributed by atoms with E-state index in [-0.39, 0.29) is 17.4 Å². The van der Waals surface area contributed by atoms with Crippen molar-refractivity contribution in [3.05, 3.63) is 27.4 Å². The highest BCUT2D eigenvalue weighted by atomic mass is 35.5. The van der Waals surface area contributed by atoms with Crippen LogP contribution in [0.25, 0.3) is 0 Å². The number of rotatable bonds is 4. The van der Waals surface area contributed by atoms with Gasteiger partial charge in [0.2, 0.25) is 0 Å². The highest BCUT2D eigenvalue weighted by molar-refractivity contribution is 6.29. The minimum Gasteiger partial charge on any atom is -0.394 e. The van der Waals surface area contributed by atoms with E-state index in [2.05, 4.69) is 10.3 Å². The third-order valence-electron chi connectivity index (χ3n) is 3.50. The summed E-state index contributed by atoms with van der Waals surface area (Å²) >= 11 is 5.78. The fourth-order valence-corrected chi connectivity index (χ4v) is 2.68. The average Bonchev–Trinajstić information content (AvgIpc) is 2.39. The van der Waals surface area contributed by atoms with Crippen LogP contribution in [-0.2, 0) is 0 Å². The van der Waals surface area contributed by atoms with Gasteiger partial charge in [0.05, 0.1) is 29.2 Å². The molecule has 1 aromatic rings. The largest absolute Gasteiger partial charge is 0.394 e. The Bertz CT molecular complexity index is 475. The zero-order chi connectivity index (χ0) is 13.9. The zero-order valence-corrected chi connectivity index (χ0v) is 11.2. The molecule has 1 saturated carbocycles. The molecular weight excluding hydrogens is 270 g/mol. The van der Waals surface area contributed by atoms with Crippen molar-refractivity contribution in [1.82, 2.24) is 4.98 Å². The van der Waals surface area contributed by atoms with Crippen molar-refractivity contribution in [3.63, 3.8) is 0 Å². The molecule has 0 radical (unpaired) electrons. The lowest BCUT2D eigenvalue weighted by Crippen LogP contribution is -2.44. The fraction of sp³-hybridized carbons (Fsp3) is 0.583. The van der Waals surface area contributed by atoms with Gasteiger partial charge in [0, 0.05) is 0 Å². The van der Waals surface area contributed by atoms with Gasteiger partial charge in [-0.1, -0.05) is 30.9 Å². The number of anilines is 1. The van der Waals surface area contributed by atoms with Gasteiger partial charge in [0.1, 0.15) is 11.0 Å². The molecule has 1 aliphatic rings. The normalized spacial score (nSPS) is 18.0. The van der Waals surface area contributed by atoms with Crippen LogP contribution in [0.4, 0.5) is 11.5 Å². The average molecular weight is 286 g/mol. The molecule has 0 saturated heterocycles. The summed E-state index contributed by atoms with van der Waals surface area (Å²) in [6, 6.07) is 2.55. The van der Waals surface area contributed by atoms with Crippen LogP contribution in [0.5, 0.6) is 0 Å². The van der Waals surface area contributed by atoms with E-state index >= 15 is 0 Å². The Kier molecular flexibility index (Phi) is 4.21. The summed E-state index contributed by atoms with van der Waals surface area (Å²) in [5, 5.41) is 23.6. The van der Waals surface area contributed by atoms with Gasteiger partial charge in [-0.05, 0) is 12.8 Å². The van der Waals surface area contributed by atoms with Crippen LogP contribution >= 0.6 is 11.6 Å². The molecule has 2 N–H and O–H groups in total. The smallest absolute Gasteiger partial charge is 0.276 e. The van der Waals surface area contributed by atoms with Crippen LogP contribution < -0.4 is 5.32 Å². The molecule has 7 heteroatoms. The molecule has 19 heavy (non-hydrogen) atoms. The van der Waals surface area contributed by atoms with E-state index in [4.69, 9.17) is 11.6 Å². The van der Waals surface area contributed by atoms with E-state index < -0.39 is 10.5 Å². The number of hydrogen-bond acceptors (Lipinski definition) is 5. The third-order valence-corrected chi connectivity index (χ3v) is 3.69. The van der Waals surface area contributed by atoms with Gasteiger partial charge in [-0.15, -0.1) is 0 Å². The molecule has 0 spiro atoms. The minimum atomic E-state index is -0.509. The van der Waals surface area contributed by atoms with E-state index in [1.165, 1.54) is 12.1 Å². The summed E-state index contributed by atoms with van der Waals surface area (Å²) < 4.78 is 0. The number of aliphatic hydroxyl groups excluding tert-OH is 1. The Morgan fingerprint density at radius 2 is 2.11 bits per heavy atom. The number of nitrogens with one attached hydrogen (secondary N) is 1. The maximum atomic E-state index is 10.8. The summed E-state index contributed by atoms with van der Waals surface area (Å²) in [6.07, 6.45) is 4.84. The molecule has 104 valence electrons. The third kappa shape index (κ3) is 3.33. The van der Waals surface area contributed by atoms with Gasteiger partial charge in [-0.25, -0.2) is 4.98 Å².